The average molecular weight is 237 g/mol. The molecule has 1 unspecified atom stereocenters. The van der Waals surface area contributed by atoms with Crippen LogP contribution in [0.3, 0.4) is 0 Å². The van der Waals surface area contributed by atoms with Crippen molar-refractivity contribution in [2.45, 2.75) is 52.2 Å². The van der Waals surface area contributed by atoms with Crippen molar-refractivity contribution in [2.24, 2.45) is 0 Å². The maximum Gasteiger partial charge on any atom is 0.0753 e. The minimum atomic E-state index is 0.426. The van der Waals surface area contributed by atoms with Crippen molar-refractivity contribution in [3.63, 3.8) is 0 Å². The van der Waals surface area contributed by atoms with Crippen LogP contribution in [0.15, 0.2) is 6.20 Å². The number of nitrogens with one attached hydrogen (secondary N) is 1. The molecule has 1 aliphatic heterocycles. The Kier molecular flexibility index (Phi) is 4.18. The van der Waals surface area contributed by atoms with Crippen molar-refractivity contribution < 1.29 is 4.74 Å². The predicted molar refractivity (Wildman–Crippen MR) is 68.0 cm³/mol. The van der Waals surface area contributed by atoms with Gasteiger partial charge in [0.1, 0.15) is 0 Å². The summed E-state index contributed by atoms with van der Waals surface area (Å²) in [6.45, 7) is 9.01. The third-order valence-corrected chi connectivity index (χ3v) is 3.23. The van der Waals surface area contributed by atoms with Gasteiger partial charge >= 0.3 is 0 Å². The molecule has 1 saturated heterocycles. The van der Waals surface area contributed by atoms with Crippen molar-refractivity contribution in [3.05, 3.63) is 17.5 Å². The number of hydrogen-bond donors (Lipinski definition) is 1. The summed E-state index contributed by atoms with van der Waals surface area (Å²) >= 11 is 0. The molecule has 17 heavy (non-hydrogen) atoms. The predicted octanol–water partition coefficient (Wildman–Crippen LogP) is 2.04. The lowest BCUT2D eigenvalue weighted by atomic mass is 10.1. The minimum absolute atomic E-state index is 0.426. The lowest BCUT2D eigenvalue weighted by Crippen LogP contribution is -2.22. The van der Waals surface area contributed by atoms with E-state index in [1.54, 1.807) is 0 Å². The smallest absolute Gasteiger partial charge is 0.0753 e. The zero-order chi connectivity index (χ0) is 12.3. The van der Waals surface area contributed by atoms with Crippen LogP contribution in [0, 0.1) is 6.92 Å². The van der Waals surface area contributed by atoms with Crippen molar-refractivity contribution >= 4 is 0 Å². The Hall–Kier alpha value is -0.870. The first-order chi connectivity index (χ1) is 8.16. The summed E-state index contributed by atoms with van der Waals surface area (Å²) in [5, 5.41) is 8.04. The van der Waals surface area contributed by atoms with Gasteiger partial charge in [-0.25, -0.2) is 0 Å². The Morgan fingerprint density at radius 2 is 2.41 bits per heavy atom. The monoisotopic (exact) mass is 237 g/mol. The third kappa shape index (κ3) is 3.30. The number of nitrogens with zero attached hydrogens (tertiary/aromatic N) is 2. The second-order valence-corrected chi connectivity index (χ2v) is 5.13. The number of aromatic nitrogens is 2. The molecule has 0 saturated carbocycles. The quantitative estimate of drug-likeness (QED) is 0.871. The zero-order valence-electron chi connectivity index (χ0n) is 11.1. The van der Waals surface area contributed by atoms with Crippen LogP contribution in [-0.2, 0) is 11.3 Å². The van der Waals surface area contributed by atoms with Crippen molar-refractivity contribution in [2.75, 3.05) is 13.2 Å². The van der Waals surface area contributed by atoms with Gasteiger partial charge in [0, 0.05) is 31.0 Å². The van der Waals surface area contributed by atoms with Crippen LogP contribution in [0.4, 0.5) is 0 Å². The molecule has 0 amide bonds. The van der Waals surface area contributed by atoms with Crippen LogP contribution in [0.2, 0.25) is 0 Å². The Morgan fingerprint density at radius 3 is 3.06 bits per heavy atom. The molecule has 96 valence electrons. The van der Waals surface area contributed by atoms with E-state index in [0.717, 1.165) is 31.9 Å². The fraction of sp³-hybridized carbons (Fsp3) is 0.769. The van der Waals surface area contributed by atoms with E-state index in [-0.39, 0.29) is 0 Å². The summed E-state index contributed by atoms with van der Waals surface area (Å²) in [5.41, 5.74) is 2.42. The highest BCUT2D eigenvalue weighted by atomic mass is 16.5. The van der Waals surface area contributed by atoms with Crippen molar-refractivity contribution in [3.8, 4) is 0 Å². The van der Waals surface area contributed by atoms with Gasteiger partial charge in [-0.15, -0.1) is 0 Å². The summed E-state index contributed by atoms with van der Waals surface area (Å²) < 4.78 is 7.60. The summed E-state index contributed by atoms with van der Waals surface area (Å²) in [4.78, 5) is 0. The second kappa shape index (κ2) is 5.65. The molecule has 4 heteroatoms. The molecule has 0 aliphatic carbocycles. The molecule has 2 rings (SSSR count). The van der Waals surface area contributed by atoms with Gasteiger partial charge in [-0.05, 0) is 19.8 Å². The Labute approximate surface area is 103 Å². The lowest BCUT2D eigenvalue weighted by molar-refractivity contribution is 0.0548. The fourth-order valence-corrected chi connectivity index (χ4v) is 2.13. The molecule has 4 nitrogen and oxygen atoms in total. The fourth-order valence-electron chi connectivity index (χ4n) is 2.13. The van der Waals surface area contributed by atoms with Crippen LogP contribution in [0.25, 0.3) is 0 Å². The Morgan fingerprint density at radius 1 is 1.59 bits per heavy atom. The largest absolute Gasteiger partial charge is 0.379 e. The highest BCUT2D eigenvalue weighted by Gasteiger charge is 2.17. The SMILES string of the molecule is Cc1nn(C2CCCOC2)cc1CNC(C)C. The van der Waals surface area contributed by atoms with Gasteiger partial charge in [0.05, 0.1) is 18.3 Å². The minimum Gasteiger partial charge on any atom is -0.379 e. The lowest BCUT2D eigenvalue weighted by Gasteiger charge is -2.22. The molecule has 0 spiro atoms. The molecule has 1 fully saturated rings. The molecule has 1 aromatic heterocycles. The highest BCUT2D eigenvalue weighted by Crippen LogP contribution is 2.20. The van der Waals surface area contributed by atoms with Crippen LogP contribution in [0.1, 0.15) is 44.0 Å². The van der Waals surface area contributed by atoms with Gasteiger partial charge in [0.25, 0.3) is 0 Å². The van der Waals surface area contributed by atoms with Crippen molar-refractivity contribution in [1.29, 1.82) is 0 Å². The molecule has 0 aromatic carbocycles. The van der Waals surface area contributed by atoms with Gasteiger partial charge in [-0.2, -0.15) is 5.10 Å². The van der Waals surface area contributed by atoms with Crippen LogP contribution < -0.4 is 5.32 Å². The van der Waals surface area contributed by atoms with E-state index in [0.29, 0.717) is 12.1 Å². The van der Waals surface area contributed by atoms with E-state index in [1.807, 2.05) is 0 Å². The molecule has 1 N–H and O–H groups in total. The molecule has 0 radical (unpaired) electrons. The van der Waals surface area contributed by atoms with Gasteiger partial charge < -0.3 is 10.1 Å². The Balaban J connectivity index is 2.01. The number of rotatable bonds is 4. The van der Waals surface area contributed by atoms with E-state index >= 15 is 0 Å². The van der Waals surface area contributed by atoms with Crippen LogP contribution in [0.5, 0.6) is 0 Å². The summed E-state index contributed by atoms with van der Waals surface area (Å²) in [7, 11) is 0. The van der Waals surface area contributed by atoms with Gasteiger partial charge in [-0.1, -0.05) is 13.8 Å². The Bertz CT molecular complexity index is 354. The molecule has 1 aromatic rings. The van der Waals surface area contributed by atoms with Gasteiger partial charge in [-0.3, -0.25) is 4.68 Å². The van der Waals surface area contributed by atoms with Crippen LogP contribution in [-0.4, -0.2) is 29.0 Å². The molecular formula is C13H23N3O. The summed E-state index contributed by atoms with van der Waals surface area (Å²) in [6, 6.07) is 0.936. The van der Waals surface area contributed by atoms with Gasteiger partial charge in [0.15, 0.2) is 0 Å². The maximum absolute atomic E-state index is 5.51. The van der Waals surface area contributed by atoms with E-state index in [2.05, 4.69) is 42.1 Å². The van der Waals surface area contributed by atoms with E-state index in [4.69, 9.17) is 4.74 Å². The summed E-state index contributed by atoms with van der Waals surface area (Å²) in [5.74, 6) is 0. The average Bonchev–Trinajstić information content (AvgIpc) is 2.69. The maximum atomic E-state index is 5.51. The van der Waals surface area contributed by atoms with Crippen LogP contribution >= 0.6 is 0 Å². The first-order valence-electron chi connectivity index (χ1n) is 6.52. The topological polar surface area (TPSA) is 39.1 Å². The van der Waals surface area contributed by atoms with E-state index in [1.165, 1.54) is 12.0 Å². The number of hydrogen-bond acceptors (Lipinski definition) is 3. The normalized spacial score (nSPS) is 21.1. The first-order valence-corrected chi connectivity index (χ1v) is 6.52. The molecule has 0 bridgehead atoms. The van der Waals surface area contributed by atoms with Gasteiger partial charge in [0.2, 0.25) is 0 Å². The third-order valence-electron chi connectivity index (χ3n) is 3.23. The van der Waals surface area contributed by atoms with Crippen molar-refractivity contribution in [1.82, 2.24) is 15.1 Å². The molecule has 1 aliphatic rings. The first kappa shape index (κ1) is 12.6. The molecule has 1 atom stereocenters. The summed E-state index contributed by atoms with van der Waals surface area (Å²) in [6.07, 6.45) is 4.49. The van der Waals surface area contributed by atoms with E-state index in [9.17, 15) is 0 Å². The highest BCUT2D eigenvalue weighted by molar-refractivity contribution is 5.15. The molecular weight excluding hydrogens is 214 g/mol. The molecule has 2 heterocycles. The zero-order valence-corrected chi connectivity index (χ0v) is 11.1. The standard InChI is InChI=1S/C13H23N3O/c1-10(2)14-7-12-8-16(15-11(12)3)13-5-4-6-17-9-13/h8,10,13-14H,4-7,9H2,1-3H3. The number of aryl methyl sites for hydroxylation is 1. The second-order valence-electron chi connectivity index (χ2n) is 5.13. The number of ether oxygens (including phenoxy) is 1. The van der Waals surface area contributed by atoms with E-state index < -0.39 is 0 Å².